The lowest BCUT2D eigenvalue weighted by Crippen LogP contribution is -2.19. The molecule has 0 atom stereocenters. The van der Waals surface area contributed by atoms with Crippen LogP contribution in [0.1, 0.15) is 31.4 Å². The van der Waals surface area contributed by atoms with Gasteiger partial charge < -0.3 is 25.8 Å². The molecule has 0 bridgehead atoms. The van der Waals surface area contributed by atoms with Crippen molar-refractivity contribution >= 4 is 17.5 Å². The molecule has 1 aromatic carbocycles. The van der Waals surface area contributed by atoms with Crippen molar-refractivity contribution < 1.29 is 14.3 Å². The Kier molecular flexibility index (Phi) is 9.19. The van der Waals surface area contributed by atoms with Crippen molar-refractivity contribution in [3.05, 3.63) is 42.4 Å². The van der Waals surface area contributed by atoms with E-state index < -0.39 is 0 Å². The van der Waals surface area contributed by atoms with Gasteiger partial charge in [0.25, 0.3) is 0 Å². The minimum atomic E-state index is -0.259. The number of ether oxygens (including phenoxy) is 2. The lowest BCUT2D eigenvalue weighted by Gasteiger charge is -2.14. The van der Waals surface area contributed by atoms with Gasteiger partial charge >= 0.3 is 0 Å². The topological polar surface area (TPSA) is 164 Å². The predicted octanol–water partition coefficient (Wildman–Crippen LogP) is 2.50. The molecule has 0 radical (unpaired) electrons. The van der Waals surface area contributed by atoms with Gasteiger partial charge in [-0.3, -0.25) is 9.89 Å². The molecule has 3 aromatic rings. The van der Waals surface area contributed by atoms with Gasteiger partial charge in [-0.15, -0.1) is 0 Å². The van der Waals surface area contributed by atoms with Crippen molar-refractivity contribution in [2.24, 2.45) is 5.73 Å². The van der Waals surface area contributed by atoms with Crippen LogP contribution in [0.15, 0.2) is 36.7 Å². The Morgan fingerprint density at radius 1 is 1.15 bits per heavy atom. The predicted molar refractivity (Wildman–Crippen MR) is 127 cm³/mol. The molecule has 2 heterocycles. The molecular formula is C23H28N8O3. The molecule has 11 heteroatoms. The highest BCUT2D eigenvalue weighted by atomic mass is 16.5. The Balaban J connectivity index is 1.57. The number of aromatic amines is 1. The number of rotatable bonds is 14. The second-order valence-corrected chi connectivity index (χ2v) is 7.40. The molecule has 0 fully saturated rings. The Labute approximate surface area is 197 Å². The van der Waals surface area contributed by atoms with Crippen LogP contribution in [0.25, 0.3) is 11.3 Å². The molecule has 0 saturated carbocycles. The Bertz CT molecular complexity index is 1110. The highest BCUT2D eigenvalue weighted by Crippen LogP contribution is 2.38. The number of amides is 1. The molecule has 34 heavy (non-hydrogen) atoms. The Morgan fingerprint density at radius 3 is 2.71 bits per heavy atom. The van der Waals surface area contributed by atoms with Crippen molar-refractivity contribution in [2.75, 3.05) is 32.1 Å². The van der Waals surface area contributed by atoms with E-state index in [2.05, 4.69) is 30.8 Å². The number of hydrogen-bond donors (Lipinski definition) is 4. The fourth-order valence-corrected chi connectivity index (χ4v) is 3.22. The summed E-state index contributed by atoms with van der Waals surface area (Å²) in [7, 11) is 1.60. The largest absolute Gasteiger partial charge is 0.496 e. The number of nitrogens with zero attached hydrogens (tertiary/aromatic N) is 4. The number of hydrogen-bond acceptors (Lipinski definition) is 9. The van der Waals surface area contributed by atoms with E-state index >= 15 is 0 Å². The maximum absolute atomic E-state index is 10.7. The van der Waals surface area contributed by atoms with Crippen LogP contribution in [0.4, 0.5) is 11.6 Å². The second-order valence-electron chi connectivity index (χ2n) is 7.40. The number of methoxy groups -OCH3 is 1. The average molecular weight is 465 g/mol. The molecule has 0 aliphatic heterocycles. The molecular weight excluding hydrogens is 436 g/mol. The normalized spacial score (nSPS) is 10.5. The van der Waals surface area contributed by atoms with Gasteiger partial charge in [0.15, 0.2) is 11.5 Å². The van der Waals surface area contributed by atoms with E-state index in [-0.39, 0.29) is 11.6 Å². The van der Waals surface area contributed by atoms with Crippen LogP contribution in [-0.2, 0) is 4.79 Å². The summed E-state index contributed by atoms with van der Waals surface area (Å²) in [5.74, 6) is 2.07. The van der Waals surface area contributed by atoms with Crippen LogP contribution in [0.2, 0.25) is 0 Å². The van der Waals surface area contributed by atoms with Gasteiger partial charge in [0.1, 0.15) is 23.4 Å². The summed E-state index contributed by atoms with van der Waals surface area (Å²) in [6.07, 6.45) is 5.81. The van der Waals surface area contributed by atoms with Gasteiger partial charge in [0.05, 0.1) is 37.4 Å². The summed E-state index contributed by atoms with van der Waals surface area (Å²) < 4.78 is 11.6. The van der Waals surface area contributed by atoms with E-state index in [9.17, 15) is 4.79 Å². The van der Waals surface area contributed by atoms with Crippen LogP contribution in [0, 0.1) is 11.3 Å². The molecule has 0 saturated heterocycles. The first-order chi connectivity index (χ1) is 16.6. The molecule has 0 aliphatic carbocycles. The lowest BCUT2D eigenvalue weighted by atomic mass is 10.1. The standard InChI is InChI=1S/C23H28N8O3/c1-33-18-6-4-7-19(34-11-5-10-26-9-3-2-8-20(25)32)23(18)17-12-21(31-30-17)29-22-15-27-16(13-24)14-28-22/h4,6-7,12,14-15,26H,2-3,5,8-11H2,1H3,(H2,25,32)(H2,28,29,30,31). The van der Waals surface area contributed by atoms with E-state index in [0.29, 0.717) is 41.9 Å². The quantitative estimate of drug-likeness (QED) is 0.262. The van der Waals surface area contributed by atoms with Crippen LogP contribution < -0.4 is 25.8 Å². The van der Waals surface area contributed by atoms with Crippen molar-refractivity contribution in [3.8, 4) is 28.8 Å². The number of nitrogens with one attached hydrogen (secondary N) is 3. The first-order valence-electron chi connectivity index (χ1n) is 10.9. The third-order valence-electron chi connectivity index (χ3n) is 4.86. The van der Waals surface area contributed by atoms with Crippen LogP contribution in [-0.4, -0.2) is 52.9 Å². The summed E-state index contributed by atoms with van der Waals surface area (Å²) in [6.45, 7) is 2.17. The summed E-state index contributed by atoms with van der Waals surface area (Å²) in [4.78, 5) is 18.9. The SMILES string of the molecule is COc1cccc(OCCCNCCCCC(N)=O)c1-c1cc(Nc2cnc(C#N)cn2)n[nH]1. The smallest absolute Gasteiger partial charge is 0.217 e. The van der Waals surface area contributed by atoms with Crippen LogP contribution in [0.3, 0.4) is 0 Å². The number of anilines is 2. The number of primary amides is 1. The number of aromatic nitrogens is 4. The van der Waals surface area contributed by atoms with Crippen LogP contribution >= 0.6 is 0 Å². The Hall–Kier alpha value is -4.17. The number of nitriles is 1. The lowest BCUT2D eigenvalue weighted by molar-refractivity contribution is -0.118. The first-order valence-corrected chi connectivity index (χ1v) is 10.9. The van der Waals surface area contributed by atoms with Gasteiger partial charge in [-0.2, -0.15) is 10.4 Å². The summed E-state index contributed by atoms with van der Waals surface area (Å²) in [5.41, 5.74) is 6.85. The van der Waals surface area contributed by atoms with Crippen molar-refractivity contribution in [2.45, 2.75) is 25.7 Å². The molecule has 1 amide bonds. The molecule has 0 spiro atoms. The highest BCUT2D eigenvalue weighted by Gasteiger charge is 2.16. The van der Waals surface area contributed by atoms with E-state index in [1.165, 1.54) is 12.4 Å². The molecule has 11 nitrogen and oxygen atoms in total. The first kappa shape index (κ1) is 24.5. The van der Waals surface area contributed by atoms with Gasteiger partial charge in [-0.1, -0.05) is 6.07 Å². The monoisotopic (exact) mass is 464 g/mol. The van der Waals surface area contributed by atoms with Crippen molar-refractivity contribution in [3.63, 3.8) is 0 Å². The molecule has 3 rings (SSSR count). The number of H-pyrrole nitrogens is 1. The third-order valence-corrected chi connectivity index (χ3v) is 4.86. The van der Waals surface area contributed by atoms with Crippen LogP contribution in [0.5, 0.6) is 11.5 Å². The zero-order chi connectivity index (χ0) is 24.2. The zero-order valence-electron chi connectivity index (χ0n) is 19.0. The van der Waals surface area contributed by atoms with Crippen molar-refractivity contribution in [1.29, 1.82) is 5.26 Å². The van der Waals surface area contributed by atoms with E-state index in [1.54, 1.807) is 7.11 Å². The minimum Gasteiger partial charge on any atom is -0.496 e. The highest BCUT2D eigenvalue weighted by molar-refractivity contribution is 5.76. The second kappa shape index (κ2) is 12.8. The summed E-state index contributed by atoms with van der Waals surface area (Å²) in [6, 6.07) is 9.36. The molecule has 5 N–H and O–H groups in total. The maximum atomic E-state index is 10.7. The number of carbonyl (C=O) groups excluding carboxylic acids is 1. The van der Waals surface area contributed by atoms with Gasteiger partial charge in [0, 0.05) is 12.5 Å². The minimum absolute atomic E-state index is 0.238. The molecule has 0 aliphatic rings. The van der Waals surface area contributed by atoms with Gasteiger partial charge in [-0.05, 0) is 44.5 Å². The van der Waals surface area contributed by atoms with E-state index in [4.69, 9.17) is 20.5 Å². The number of carbonyl (C=O) groups is 1. The fraction of sp³-hybridized carbons (Fsp3) is 0.348. The van der Waals surface area contributed by atoms with Crippen molar-refractivity contribution in [1.82, 2.24) is 25.5 Å². The zero-order valence-corrected chi connectivity index (χ0v) is 19.0. The number of unbranched alkanes of at least 4 members (excludes halogenated alkanes) is 1. The average Bonchev–Trinajstić information content (AvgIpc) is 3.31. The maximum Gasteiger partial charge on any atom is 0.217 e. The van der Waals surface area contributed by atoms with Gasteiger partial charge in [0.2, 0.25) is 5.91 Å². The third kappa shape index (κ3) is 7.18. The van der Waals surface area contributed by atoms with E-state index in [1.807, 2.05) is 30.3 Å². The van der Waals surface area contributed by atoms with Gasteiger partial charge in [-0.25, -0.2) is 9.97 Å². The van der Waals surface area contributed by atoms with E-state index in [0.717, 1.165) is 37.9 Å². The number of benzene rings is 1. The molecule has 2 aromatic heterocycles. The molecule has 178 valence electrons. The fourth-order valence-electron chi connectivity index (χ4n) is 3.22. The number of nitrogens with two attached hydrogens (primary N) is 1. The summed E-state index contributed by atoms with van der Waals surface area (Å²) >= 11 is 0. The Morgan fingerprint density at radius 2 is 1.97 bits per heavy atom. The summed E-state index contributed by atoms with van der Waals surface area (Å²) in [5, 5.41) is 22.5. The molecule has 0 unspecified atom stereocenters.